The van der Waals surface area contributed by atoms with Gasteiger partial charge in [-0.15, -0.1) is 10.2 Å². The van der Waals surface area contributed by atoms with Crippen molar-refractivity contribution < 1.29 is 9.90 Å². The van der Waals surface area contributed by atoms with E-state index in [9.17, 15) is 14.7 Å². The van der Waals surface area contributed by atoms with Crippen LogP contribution in [0.25, 0.3) is 10.2 Å². The van der Waals surface area contributed by atoms with Crippen LogP contribution in [0.4, 0.5) is 0 Å². The molecular weight excluding hydrogens is 482 g/mol. The molecule has 1 aliphatic carbocycles. The molecule has 0 unspecified atom stereocenters. The lowest BCUT2D eigenvalue weighted by atomic mass is 10.1. The van der Waals surface area contributed by atoms with E-state index in [0.717, 1.165) is 35.3 Å². The topological polar surface area (TPSA) is 102 Å². The fraction of sp³-hybridized carbons (Fsp3) is 0.360. The third-order valence-corrected chi connectivity index (χ3v) is 8.19. The third kappa shape index (κ3) is 5.59. The van der Waals surface area contributed by atoms with E-state index in [1.165, 1.54) is 30.2 Å². The first-order valence-electron chi connectivity index (χ1n) is 11.8. The number of benzene rings is 2. The van der Waals surface area contributed by atoms with Gasteiger partial charge >= 0.3 is 4.87 Å². The lowest BCUT2D eigenvalue weighted by Gasteiger charge is -2.13. The molecule has 4 aromatic rings. The molecule has 2 heterocycles. The van der Waals surface area contributed by atoms with Gasteiger partial charge in [0.15, 0.2) is 11.0 Å². The van der Waals surface area contributed by atoms with Gasteiger partial charge in [-0.05, 0) is 37.0 Å². The highest BCUT2D eigenvalue weighted by Gasteiger charge is 2.20. The van der Waals surface area contributed by atoms with Crippen LogP contribution in [-0.4, -0.2) is 42.1 Å². The van der Waals surface area contributed by atoms with E-state index in [4.69, 9.17) is 0 Å². The molecule has 182 valence electrons. The average molecular weight is 510 g/mol. The summed E-state index contributed by atoms with van der Waals surface area (Å²) in [5.41, 5.74) is 1.85. The molecule has 2 aromatic heterocycles. The van der Waals surface area contributed by atoms with E-state index >= 15 is 0 Å². The molecule has 0 atom stereocenters. The van der Waals surface area contributed by atoms with Crippen molar-refractivity contribution >= 4 is 39.2 Å². The summed E-state index contributed by atoms with van der Waals surface area (Å²) in [5.74, 6) is 1.04. The number of hydrogen-bond acceptors (Lipinski definition) is 7. The molecule has 1 fully saturated rings. The number of hydrogen-bond donors (Lipinski definition) is 2. The summed E-state index contributed by atoms with van der Waals surface area (Å²) in [6.07, 6.45) is 5.21. The Balaban J connectivity index is 1.38. The number of phenolic OH excluding ortho intramolecular Hbond substituents is 1. The van der Waals surface area contributed by atoms with Crippen molar-refractivity contribution in [3.63, 3.8) is 0 Å². The van der Waals surface area contributed by atoms with Crippen molar-refractivity contribution in [3.05, 3.63) is 69.6 Å². The van der Waals surface area contributed by atoms with Crippen LogP contribution in [-0.2, 0) is 24.3 Å². The van der Waals surface area contributed by atoms with Crippen LogP contribution < -0.4 is 10.2 Å². The van der Waals surface area contributed by atoms with E-state index in [0.29, 0.717) is 23.0 Å². The Labute approximate surface area is 211 Å². The minimum atomic E-state index is -0.117. The molecule has 1 saturated carbocycles. The molecule has 5 rings (SSSR count). The van der Waals surface area contributed by atoms with Gasteiger partial charge in [0.05, 0.1) is 22.5 Å². The number of rotatable bonds is 9. The van der Waals surface area contributed by atoms with E-state index in [1.807, 2.05) is 22.8 Å². The van der Waals surface area contributed by atoms with E-state index in [2.05, 4.69) is 27.6 Å². The number of carbonyl (C=O) groups is 1. The predicted molar refractivity (Wildman–Crippen MR) is 138 cm³/mol. The first-order valence-corrected chi connectivity index (χ1v) is 13.6. The summed E-state index contributed by atoms with van der Waals surface area (Å²) in [4.78, 5) is 25.1. The van der Waals surface area contributed by atoms with Gasteiger partial charge in [-0.1, -0.05) is 66.3 Å². The van der Waals surface area contributed by atoms with Gasteiger partial charge in [-0.2, -0.15) is 0 Å². The molecule has 2 aromatic carbocycles. The Hall–Kier alpha value is -3.11. The fourth-order valence-corrected chi connectivity index (χ4v) is 6.13. The van der Waals surface area contributed by atoms with Crippen LogP contribution in [0.1, 0.15) is 37.1 Å². The zero-order valence-electron chi connectivity index (χ0n) is 19.2. The quantitative estimate of drug-likeness (QED) is 0.333. The summed E-state index contributed by atoms with van der Waals surface area (Å²) >= 11 is 2.51. The number of nitrogens with one attached hydrogen (secondary N) is 1. The first kappa shape index (κ1) is 23.6. The average Bonchev–Trinajstić information content (AvgIpc) is 3.57. The Morgan fingerprint density at radius 2 is 1.91 bits per heavy atom. The predicted octanol–water partition coefficient (Wildman–Crippen LogP) is 3.80. The zero-order valence-corrected chi connectivity index (χ0v) is 20.9. The van der Waals surface area contributed by atoms with Crippen LogP contribution in [0.15, 0.2) is 58.5 Å². The van der Waals surface area contributed by atoms with Gasteiger partial charge in [-0.3, -0.25) is 14.2 Å². The maximum absolute atomic E-state index is 12.7. The number of thioether (sulfide) groups is 1. The van der Waals surface area contributed by atoms with Crippen molar-refractivity contribution in [2.45, 2.75) is 56.4 Å². The van der Waals surface area contributed by atoms with E-state index in [1.54, 1.807) is 22.8 Å². The van der Waals surface area contributed by atoms with Crippen molar-refractivity contribution in [1.82, 2.24) is 24.6 Å². The first-order chi connectivity index (χ1) is 17.1. The standard InChI is InChI=1S/C25H27N5O3S2/c31-19-10-11-21-20(14-19)30(25(33)35-21)15-22-27-28-24(29(22)13-12-17-6-2-1-3-7-17)34-16-23(32)26-18-8-4-5-9-18/h1-3,6-7,10-11,14,18,31H,4-5,8-9,12-13,15-16H2,(H,26,32). The van der Waals surface area contributed by atoms with Crippen LogP contribution in [0.3, 0.4) is 0 Å². The van der Waals surface area contributed by atoms with Crippen molar-refractivity contribution in [2.24, 2.45) is 0 Å². The monoisotopic (exact) mass is 509 g/mol. The number of fused-ring (bicyclic) bond motifs is 1. The lowest BCUT2D eigenvalue weighted by molar-refractivity contribution is -0.119. The fourth-order valence-electron chi connectivity index (χ4n) is 4.46. The second-order valence-electron chi connectivity index (χ2n) is 8.73. The van der Waals surface area contributed by atoms with Crippen LogP contribution in [0, 0.1) is 0 Å². The van der Waals surface area contributed by atoms with E-state index in [-0.39, 0.29) is 34.9 Å². The molecular formula is C25H27N5O3S2. The minimum absolute atomic E-state index is 0.0107. The summed E-state index contributed by atoms with van der Waals surface area (Å²) in [5, 5.41) is 22.5. The number of thiazole rings is 1. The number of aromatic hydroxyl groups is 1. The molecule has 2 N–H and O–H groups in total. The van der Waals surface area contributed by atoms with Crippen LogP contribution in [0.2, 0.25) is 0 Å². The van der Waals surface area contributed by atoms with Crippen LogP contribution >= 0.6 is 23.1 Å². The highest BCUT2D eigenvalue weighted by molar-refractivity contribution is 7.99. The van der Waals surface area contributed by atoms with Gasteiger partial charge in [0.1, 0.15) is 5.75 Å². The molecule has 0 bridgehead atoms. The third-order valence-electron chi connectivity index (χ3n) is 6.26. The molecule has 1 aliphatic rings. The Kier molecular flexibility index (Phi) is 7.19. The molecule has 0 saturated heterocycles. The zero-order chi connectivity index (χ0) is 24.2. The maximum Gasteiger partial charge on any atom is 0.308 e. The number of amides is 1. The number of nitrogens with zero attached hydrogens (tertiary/aromatic N) is 4. The minimum Gasteiger partial charge on any atom is -0.508 e. The number of aryl methyl sites for hydroxylation is 1. The summed E-state index contributed by atoms with van der Waals surface area (Å²) in [6.45, 7) is 0.861. The largest absolute Gasteiger partial charge is 0.508 e. The van der Waals surface area contributed by atoms with Crippen molar-refractivity contribution in [1.29, 1.82) is 0 Å². The summed E-state index contributed by atoms with van der Waals surface area (Å²) in [6, 6.07) is 15.4. The Morgan fingerprint density at radius 3 is 2.71 bits per heavy atom. The molecule has 0 radical (unpaired) electrons. The second-order valence-corrected chi connectivity index (χ2v) is 10.7. The number of phenols is 1. The highest BCUT2D eigenvalue weighted by Crippen LogP contribution is 2.24. The van der Waals surface area contributed by atoms with Gasteiger partial charge in [0.2, 0.25) is 5.91 Å². The SMILES string of the molecule is O=C(CSc1nnc(Cn2c(=O)sc3ccc(O)cc32)n1CCc1ccccc1)NC1CCCC1. The Morgan fingerprint density at radius 1 is 1.11 bits per heavy atom. The molecule has 8 nitrogen and oxygen atoms in total. The molecule has 1 amide bonds. The Bertz CT molecular complexity index is 1370. The normalized spacial score (nSPS) is 14.1. The second kappa shape index (κ2) is 10.7. The van der Waals surface area contributed by atoms with Crippen molar-refractivity contribution in [3.8, 4) is 5.75 Å². The molecule has 10 heteroatoms. The highest BCUT2D eigenvalue weighted by atomic mass is 32.2. The maximum atomic E-state index is 12.7. The van der Waals surface area contributed by atoms with Gasteiger partial charge in [0, 0.05) is 18.7 Å². The molecule has 0 aliphatic heterocycles. The van der Waals surface area contributed by atoms with Gasteiger partial charge < -0.3 is 15.0 Å². The molecule has 35 heavy (non-hydrogen) atoms. The van der Waals surface area contributed by atoms with Gasteiger partial charge in [-0.25, -0.2) is 0 Å². The van der Waals surface area contributed by atoms with Crippen molar-refractivity contribution in [2.75, 3.05) is 5.75 Å². The van der Waals surface area contributed by atoms with Crippen LogP contribution in [0.5, 0.6) is 5.75 Å². The summed E-state index contributed by atoms with van der Waals surface area (Å²) < 4.78 is 4.42. The smallest absolute Gasteiger partial charge is 0.308 e. The van der Waals surface area contributed by atoms with E-state index < -0.39 is 0 Å². The van der Waals surface area contributed by atoms with Gasteiger partial charge in [0.25, 0.3) is 0 Å². The lowest BCUT2D eigenvalue weighted by Crippen LogP contribution is -2.33. The number of carbonyl (C=O) groups excluding carboxylic acids is 1. The molecule has 0 spiro atoms. The summed E-state index contributed by atoms with van der Waals surface area (Å²) in [7, 11) is 0. The number of aromatic nitrogens is 4.